The van der Waals surface area contributed by atoms with Gasteiger partial charge in [0.2, 0.25) is 5.91 Å². The molecule has 0 atom stereocenters. The molecule has 2 rings (SSSR count). The fourth-order valence-corrected chi connectivity index (χ4v) is 2.79. The molecule has 120 valence electrons. The van der Waals surface area contributed by atoms with E-state index in [1.165, 1.54) is 7.11 Å². The number of carbonyl (C=O) groups excluding carboxylic acids is 2. The van der Waals surface area contributed by atoms with Crippen molar-refractivity contribution in [3.8, 4) is 0 Å². The summed E-state index contributed by atoms with van der Waals surface area (Å²) >= 11 is 0. The van der Waals surface area contributed by atoms with Crippen LogP contribution in [0.15, 0.2) is 30.3 Å². The average molecular weight is 304 g/mol. The molecule has 2 amide bonds. The van der Waals surface area contributed by atoms with E-state index in [1.54, 1.807) is 0 Å². The first-order valence-electron chi connectivity index (χ1n) is 7.80. The molecule has 0 saturated carbocycles. The van der Waals surface area contributed by atoms with E-state index in [-0.39, 0.29) is 18.4 Å². The first-order valence-corrected chi connectivity index (χ1v) is 7.80. The minimum Gasteiger partial charge on any atom is -0.375 e. The number of methoxy groups -OCH3 is 1. The van der Waals surface area contributed by atoms with Gasteiger partial charge < -0.3 is 15.0 Å². The summed E-state index contributed by atoms with van der Waals surface area (Å²) < 4.78 is 4.77. The van der Waals surface area contributed by atoms with Gasteiger partial charge in [0, 0.05) is 32.3 Å². The second-order valence-corrected chi connectivity index (χ2v) is 5.67. The van der Waals surface area contributed by atoms with Gasteiger partial charge in [-0.3, -0.25) is 9.59 Å². The molecule has 0 radical (unpaired) electrons. The van der Waals surface area contributed by atoms with Crippen molar-refractivity contribution in [2.45, 2.75) is 19.3 Å². The summed E-state index contributed by atoms with van der Waals surface area (Å²) in [5.74, 6) is 0.620. The Kier molecular flexibility index (Phi) is 6.40. The Bertz CT molecular complexity index is 482. The third-order valence-electron chi connectivity index (χ3n) is 4.07. The summed E-state index contributed by atoms with van der Waals surface area (Å²) in [5.41, 5.74) is 0.757. The molecule has 1 N–H and O–H groups in total. The SMILES string of the molecule is COCC(=O)NCCC1CCN(C(=O)c2ccccc2)CC1. The first kappa shape index (κ1) is 16.5. The highest BCUT2D eigenvalue weighted by Gasteiger charge is 2.23. The number of carbonyl (C=O) groups is 2. The number of rotatable bonds is 6. The van der Waals surface area contributed by atoms with E-state index in [1.807, 2.05) is 35.2 Å². The summed E-state index contributed by atoms with van der Waals surface area (Å²) in [4.78, 5) is 25.6. The Balaban J connectivity index is 1.70. The molecule has 0 aromatic heterocycles. The lowest BCUT2D eigenvalue weighted by Crippen LogP contribution is -2.39. The maximum atomic E-state index is 12.3. The summed E-state index contributed by atoms with van der Waals surface area (Å²) in [5, 5.41) is 2.85. The number of piperidine rings is 1. The topological polar surface area (TPSA) is 58.6 Å². The van der Waals surface area contributed by atoms with Gasteiger partial charge in [-0.15, -0.1) is 0 Å². The highest BCUT2D eigenvalue weighted by Crippen LogP contribution is 2.21. The van der Waals surface area contributed by atoms with Crippen molar-refractivity contribution in [2.75, 3.05) is 33.4 Å². The summed E-state index contributed by atoms with van der Waals surface area (Å²) in [6.07, 6.45) is 2.96. The highest BCUT2D eigenvalue weighted by atomic mass is 16.5. The van der Waals surface area contributed by atoms with Crippen LogP contribution in [0.1, 0.15) is 29.6 Å². The highest BCUT2D eigenvalue weighted by molar-refractivity contribution is 5.94. The van der Waals surface area contributed by atoms with Gasteiger partial charge in [-0.05, 0) is 37.3 Å². The standard InChI is InChI=1S/C17H24N2O3/c1-22-13-16(20)18-10-7-14-8-11-19(12-9-14)17(21)15-5-3-2-4-6-15/h2-6,14H,7-13H2,1H3,(H,18,20). The van der Waals surface area contributed by atoms with Gasteiger partial charge >= 0.3 is 0 Å². The van der Waals surface area contributed by atoms with Gasteiger partial charge in [-0.25, -0.2) is 0 Å². The molecule has 1 aliphatic rings. The minimum absolute atomic E-state index is 0.0702. The van der Waals surface area contributed by atoms with Crippen molar-refractivity contribution < 1.29 is 14.3 Å². The van der Waals surface area contributed by atoms with E-state index < -0.39 is 0 Å². The maximum Gasteiger partial charge on any atom is 0.253 e. The predicted octanol–water partition coefficient (Wildman–Crippen LogP) is 1.69. The van der Waals surface area contributed by atoms with E-state index in [0.29, 0.717) is 12.5 Å². The lowest BCUT2D eigenvalue weighted by molar-refractivity contribution is -0.124. The lowest BCUT2D eigenvalue weighted by Gasteiger charge is -2.32. The van der Waals surface area contributed by atoms with Crippen LogP contribution < -0.4 is 5.32 Å². The molecule has 1 heterocycles. The van der Waals surface area contributed by atoms with Gasteiger partial charge in [0.15, 0.2) is 0 Å². The summed E-state index contributed by atoms with van der Waals surface area (Å²) in [6, 6.07) is 9.42. The van der Waals surface area contributed by atoms with E-state index in [4.69, 9.17) is 4.74 Å². The van der Waals surface area contributed by atoms with Crippen LogP contribution in [-0.2, 0) is 9.53 Å². The van der Waals surface area contributed by atoms with Crippen LogP contribution in [0.4, 0.5) is 0 Å². The van der Waals surface area contributed by atoms with Crippen molar-refractivity contribution in [1.82, 2.24) is 10.2 Å². The Morgan fingerprint density at radius 1 is 1.23 bits per heavy atom. The first-order chi connectivity index (χ1) is 10.7. The number of ether oxygens (including phenoxy) is 1. The zero-order valence-corrected chi connectivity index (χ0v) is 13.1. The van der Waals surface area contributed by atoms with Crippen molar-refractivity contribution in [3.63, 3.8) is 0 Å². The van der Waals surface area contributed by atoms with Crippen LogP contribution in [0.3, 0.4) is 0 Å². The Hall–Kier alpha value is -1.88. The van der Waals surface area contributed by atoms with Crippen molar-refractivity contribution in [2.24, 2.45) is 5.92 Å². The number of nitrogens with zero attached hydrogens (tertiary/aromatic N) is 1. The summed E-state index contributed by atoms with van der Waals surface area (Å²) in [6.45, 7) is 2.39. The molecular weight excluding hydrogens is 280 g/mol. The zero-order valence-electron chi connectivity index (χ0n) is 13.1. The van der Waals surface area contributed by atoms with E-state index >= 15 is 0 Å². The molecule has 0 unspecified atom stereocenters. The molecule has 1 aliphatic heterocycles. The molecule has 1 saturated heterocycles. The van der Waals surface area contributed by atoms with Crippen LogP contribution in [0.25, 0.3) is 0 Å². The average Bonchev–Trinajstić information content (AvgIpc) is 2.56. The monoisotopic (exact) mass is 304 g/mol. The molecule has 1 aromatic rings. The van der Waals surface area contributed by atoms with Crippen molar-refractivity contribution in [3.05, 3.63) is 35.9 Å². The molecule has 5 heteroatoms. The number of nitrogens with one attached hydrogen (secondary N) is 1. The minimum atomic E-state index is -0.0702. The number of hydrogen-bond donors (Lipinski definition) is 1. The Morgan fingerprint density at radius 2 is 1.91 bits per heavy atom. The molecule has 0 bridgehead atoms. The van der Waals surface area contributed by atoms with Gasteiger partial charge in [0.25, 0.3) is 5.91 Å². The number of amides is 2. The zero-order chi connectivity index (χ0) is 15.8. The van der Waals surface area contributed by atoms with E-state index in [9.17, 15) is 9.59 Å². The third-order valence-corrected chi connectivity index (χ3v) is 4.07. The fraction of sp³-hybridized carbons (Fsp3) is 0.529. The molecular formula is C17H24N2O3. The van der Waals surface area contributed by atoms with E-state index in [0.717, 1.165) is 37.9 Å². The van der Waals surface area contributed by atoms with Gasteiger partial charge in [-0.2, -0.15) is 0 Å². The van der Waals surface area contributed by atoms with Gasteiger partial charge in [0.1, 0.15) is 6.61 Å². The smallest absolute Gasteiger partial charge is 0.253 e. The van der Waals surface area contributed by atoms with Gasteiger partial charge in [-0.1, -0.05) is 18.2 Å². The second-order valence-electron chi connectivity index (χ2n) is 5.67. The van der Waals surface area contributed by atoms with Crippen LogP contribution in [0.5, 0.6) is 0 Å². The molecule has 1 aromatic carbocycles. The predicted molar refractivity (Wildman–Crippen MR) is 84.6 cm³/mol. The van der Waals surface area contributed by atoms with Crippen LogP contribution in [0.2, 0.25) is 0 Å². The van der Waals surface area contributed by atoms with Crippen molar-refractivity contribution >= 4 is 11.8 Å². The fourth-order valence-electron chi connectivity index (χ4n) is 2.79. The van der Waals surface area contributed by atoms with Crippen LogP contribution >= 0.6 is 0 Å². The van der Waals surface area contributed by atoms with E-state index in [2.05, 4.69) is 5.32 Å². The summed E-state index contributed by atoms with van der Waals surface area (Å²) in [7, 11) is 1.51. The largest absolute Gasteiger partial charge is 0.375 e. The normalized spacial score (nSPS) is 15.6. The molecule has 1 fully saturated rings. The molecule has 0 spiro atoms. The lowest BCUT2D eigenvalue weighted by atomic mass is 9.93. The molecule has 22 heavy (non-hydrogen) atoms. The third kappa shape index (κ3) is 4.84. The van der Waals surface area contributed by atoms with Crippen LogP contribution in [-0.4, -0.2) is 50.1 Å². The quantitative estimate of drug-likeness (QED) is 0.870. The number of benzene rings is 1. The molecule has 5 nitrogen and oxygen atoms in total. The Labute approximate surface area is 131 Å². The van der Waals surface area contributed by atoms with Crippen LogP contribution in [0, 0.1) is 5.92 Å². The number of hydrogen-bond acceptors (Lipinski definition) is 3. The van der Waals surface area contributed by atoms with Gasteiger partial charge in [0.05, 0.1) is 0 Å². The molecule has 0 aliphatic carbocycles. The second kappa shape index (κ2) is 8.54. The number of likely N-dealkylation sites (tertiary alicyclic amines) is 1. The maximum absolute atomic E-state index is 12.3. The van der Waals surface area contributed by atoms with Crippen molar-refractivity contribution in [1.29, 1.82) is 0 Å². The Morgan fingerprint density at radius 3 is 2.55 bits per heavy atom.